The lowest BCUT2D eigenvalue weighted by molar-refractivity contribution is -0.834. The molecule has 0 aliphatic rings. The minimum Gasteiger partial charge on any atom is -0.456 e. The van der Waals surface area contributed by atoms with Crippen molar-refractivity contribution in [2.45, 2.75) is 39.8 Å². The summed E-state index contributed by atoms with van der Waals surface area (Å²) in [7, 11) is 3.38. The van der Waals surface area contributed by atoms with Gasteiger partial charge in [-0.3, -0.25) is 0 Å². The molecule has 6 heteroatoms. The first-order valence-corrected chi connectivity index (χ1v) is 10.5. The number of carbonyl (C=O) groups is 2. The van der Waals surface area contributed by atoms with Crippen molar-refractivity contribution in [1.82, 2.24) is 4.98 Å². The number of hydrogen-bond donors (Lipinski definition) is 1. The third-order valence-corrected chi connectivity index (χ3v) is 5.54. The number of aryl methyl sites for hydroxylation is 2. The zero-order valence-electron chi connectivity index (χ0n) is 18.9. The molecule has 1 heterocycles. The number of hydrogen-bond acceptors (Lipinski definition) is 4. The van der Waals surface area contributed by atoms with Crippen LogP contribution >= 0.6 is 0 Å². The maximum atomic E-state index is 13.2. The van der Waals surface area contributed by atoms with Gasteiger partial charge >= 0.3 is 12.1 Å². The van der Waals surface area contributed by atoms with E-state index >= 15 is 0 Å². The molecule has 0 bridgehead atoms. The summed E-state index contributed by atoms with van der Waals surface area (Å²) < 4.78 is 10.7. The van der Waals surface area contributed by atoms with E-state index in [0.717, 1.165) is 33.2 Å². The van der Waals surface area contributed by atoms with Gasteiger partial charge in [-0.05, 0) is 38.0 Å². The zero-order valence-corrected chi connectivity index (χ0v) is 18.9. The van der Waals surface area contributed by atoms with Gasteiger partial charge in [-0.2, -0.15) is 4.79 Å². The predicted molar refractivity (Wildman–Crippen MR) is 121 cm³/mol. The Morgan fingerprint density at radius 2 is 1.71 bits per heavy atom. The van der Waals surface area contributed by atoms with Gasteiger partial charge in [-0.1, -0.05) is 47.5 Å². The van der Waals surface area contributed by atoms with Crippen molar-refractivity contribution in [2.24, 2.45) is 0 Å². The average Bonchev–Trinajstić information content (AvgIpc) is 3.12. The summed E-state index contributed by atoms with van der Waals surface area (Å²) in [5.41, 5.74) is 5.10. The lowest BCUT2D eigenvalue weighted by atomic mass is 10.0. The number of para-hydroxylation sites is 1. The molecule has 1 amide bonds. The highest BCUT2D eigenvalue weighted by molar-refractivity contribution is 5.84. The number of rotatable bonds is 7. The highest BCUT2D eigenvalue weighted by Gasteiger charge is 2.44. The van der Waals surface area contributed by atoms with Crippen molar-refractivity contribution >= 4 is 23.0 Å². The van der Waals surface area contributed by atoms with E-state index in [1.165, 1.54) is 0 Å². The number of quaternary nitrogens is 1. The normalized spacial score (nSPS) is 12.5. The van der Waals surface area contributed by atoms with Crippen LogP contribution in [-0.2, 0) is 27.3 Å². The number of aromatic amines is 1. The molecule has 1 unspecified atom stereocenters. The number of nitrogens with one attached hydrogen (secondary N) is 1. The Labute approximate surface area is 183 Å². The van der Waals surface area contributed by atoms with Crippen molar-refractivity contribution in [3.63, 3.8) is 0 Å². The van der Waals surface area contributed by atoms with Gasteiger partial charge in [0.1, 0.15) is 6.61 Å². The Morgan fingerprint density at radius 1 is 1.03 bits per heavy atom. The molecule has 0 spiro atoms. The predicted octanol–water partition coefficient (Wildman–Crippen LogP) is 4.67. The van der Waals surface area contributed by atoms with Gasteiger partial charge in [0.15, 0.2) is 0 Å². The van der Waals surface area contributed by atoms with E-state index in [9.17, 15) is 9.59 Å². The van der Waals surface area contributed by atoms with Crippen LogP contribution in [0.1, 0.15) is 29.2 Å². The standard InChI is InChI=1S/C25H31N2O4/c1-6-30-25(29)27(4,5)23(14-20-15-26-22-10-8-7-9-21(20)22)24(28)31-16-19-12-17(2)11-18(3)13-19/h7-13,15,23,26H,6,14,16H2,1-5H3/q+1. The van der Waals surface area contributed by atoms with Crippen LogP contribution in [0.15, 0.2) is 48.7 Å². The second-order valence-corrected chi connectivity index (χ2v) is 8.42. The van der Waals surface area contributed by atoms with Crippen LogP contribution in [0.3, 0.4) is 0 Å². The second kappa shape index (κ2) is 9.35. The number of carbonyl (C=O) groups excluding carboxylic acids is 2. The highest BCUT2D eigenvalue weighted by atomic mass is 16.6. The average molecular weight is 424 g/mol. The Hall–Kier alpha value is -3.12. The van der Waals surface area contributed by atoms with Gasteiger partial charge in [-0.25, -0.2) is 9.28 Å². The topological polar surface area (TPSA) is 68.4 Å². The van der Waals surface area contributed by atoms with Crippen LogP contribution in [-0.4, -0.2) is 48.3 Å². The molecule has 0 aliphatic heterocycles. The fourth-order valence-electron chi connectivity index (χ4n) is 3.90. The number of amides is 1. The maximum Gasteiger partial charge on any atom is 0.516 e. The van der Waals surface area contributed by atoms with Gasteiger partial charge in [-0.15, -0.1) is 0 Å². The number of likely N-dealkylation sites (N-methyl/N-ethyl adjacent to an activating group) is 1. The van der Waals surface area contributed by atoms with E-state index in [-0.39, 0.29) is 17.7 Å². The molecule has 164 valence electrons. The molecule has 0 saturated carbocycles. The summed E-state index contributed by atoms with van der Waals surface area (Å²) >= 11 is 0. The number of esters is 1. The molecule has 1 atom stereocenters. The number of benzene rings is 2. The summed E-state index contributed by atoms with van der Waals surface area (Å²) in [6, 6.07) is 13.2. The Kier molecular flexibility index (Phi) is 6.81. The summed E-state index contributed by atoms with van der Waals surface area (Å²) in [4.78, 5) is 29.2. The number of fused-ring (bicyclic) bond motifs is 1. The molecule has 0 radical (unpaired) electrons. The van der Waals surface area contributed by atoms with E-state index < -0.39 is 18.1 Å². The quantitative estimate of drug-likeness (QED) is 0.443. The third kappa shape index (κ3) is 5.14. The van der Waals surface area contributed by atoms with Crippen molar-refractivity contribution in [2.75, 3.05) is 20.7 Å². The number of H-pyrrole nitrogens is 1. The van der Waals surface area contributed by atoms with E-state index in [1.54, 1.807) is 21.0 Å². The monoisotopic (exact) mass is 423 g/mol. The van der Waals surface area contributed by atoms with E-state index in [1.807, 2.05) is 56.4 Å². The molecule has 0 aliphatic carbocycles. The minimum atomic E-state index is -0.746. The van der Waals surface area contributed by atoms with Crippen LogP contribution in [0.2, 0.25) is 0 Å². The van der Waals surface area contributed by atoms with Crippen LogP contribution in [0.5, 0.6) is 0 Å². The Morgan fingerprint density at radius 3 is 2.39 bits per heavy atom. The molecule has 1 N–H and O–H groups in total. The van der Waals surface area contributed by atoms with Crippen molar-refractivity contribution in [1.29, 1.82) is 0 Å². The van der Waals surface area contributed by atoms with Gasteiger partial charge in [0.05, 0.1) is 20.7 Å². The largest absolute Gasteiger partial charge is 0.516 e. The fraction of sp³-hybridized carbons (Fsp3) is 0.360. The molecule has 3 rings (SSSR count). The van der Waals surface area contributed by atoms with Crippen molar-refractivity contribution in [3.8, 4) is 0 Å². The van der Waals surface area contributed by atoms with Crippen molar-refractivity contribution in [3.05, 3.63) is 70.9 Å². The van der Waals surface area contributed by atoms with E-state index in [0.29, 0.717) is 6.42 Å². The molecule has 2 aromatic carbocycles. The van der Waals surface area contributed by atoms with Gasteiger partial charge < -0.3 is 14.5 Å². The summed E-state index contributed by atoms with van der Waals surface area (Å²) in [5, 5.41) is 1.03. The third-order valence-electron chi connectivity index (χ3n) is 5.54. The Balaban J connectivity index is 1.87. The number of nitrogens with zero attached hydrogens (tertiary/aromatic N) is 1. The van der Waals surface area contributed by atoms with E-state index in [2.05, 4.69) is 11.1 Å². The van der Waals surface area contributed by atoms with Crippen LogP contribution in [0.4, 0.5) is 4.79 Å². The maximum absolute atomic E-state index is 13.2. The molecule has 6 nitrogen and oxygen atoms in total. The van der Waals surface area contributed by atoms with Crippen LogP contribution in [0.25, 0.3) is 10.9 Å². The van der Waals surface area contributed by atoms with E-state index in [4.69, 9.17) is 9.47 Å². The highest BCUT2D eigenvalue weighted by Crippen LogP contribution is 2.24. The fourth-order valence-corrected chi connectivity index (χ4v) is 3.90. The first-order chi connectivity index (χ1) is 14.7. The molecule has 3 aromatic rings. The molecule has 31 heavy (non-hydrogen) atoms. The van der Waals surface area contributed by atoms with Gasteiger partial charge in [0, 0.05) is 23.5 Å². The van der Waals surface area contributed by atoms with Gasteiger partial charge in [0.25, 0.3) is 0 Å². The Bertz CT molecular complexity index is 1060. The van der Waals surface area contributed by atoms with Crippen LogP contribution < -0.4 is 0 Å². The first-order valence-electron chi connectivity index (χ1n) is 10.5. The summed E-state index contributed by atoms with van der Waals surface area (Å²) in [5.74, 6) is -0.428. The second-order valence-electron chi connectivity index (χ2n) is 8.42. The number of ether oxygens (including phenoxy) is 2. The zero-order chi connectivity index (χ0) is 22.6. The van der Waals surface area contributed by atoms with Crippen LogP contribution in [0, 0.1) is 13.8 Å². The SMILES string of the molecule is CCOC(=O)[N+](C)(C)C(Cc1c[nH]c2ccccc12)C(=O)OCc1cc(C)cc(C)c1. The molecule has 0 saturated heterocycles. The molecule has 0 fully saturated rings. The summed E-state index contributed by atoms with van der Waals surface area (Å²) in [6.07, 6.45) is 1.78. The minimum absolute atomic E-state index is 0.161. The molecular formula is C25H31N2O4+. The lowest BCUT2D eigenvalue weighted by Crippen LogP contribution is -2.58. The van der Waals surface area contributed by atoms with Crippen molar-refractivity contribution < 1.29 is 23.5 Å². The summed E-state index contributed by atoms with van der Waals surface area (Å²) in [6.45, 7) is 6.19. The first kappa shape index (κ1) is 22.6. The van der Waals surface area contributed by atoms with Gasteiger partial charge in [0.2, 0.25) is 6.04 Å². The molecular weight excluding hydrogens is 392 g/mol. The number of aromatic nitrogens is 1. The lowest BCUT2D eigenvalue weighted by Gasteiger charge is -2.32. The molecule has 1 aromatic heterocycles. The smallest absolute Gasteiger partial charge is 0.456 e.